The summed E-state index contributed by atoms with van der Waals surface area (Å²) in [6.45, 7) is 3.94. The van der Waals surface area contributed by atoms with E-state index in [0.717, 1.165) is 0 Å². The van der Waals surface area contributed by atoms with Gasteiger partial charge in [0.05, 0.1) is 20.4 Å². The molecule has 0 aromatic heterocycles. The quantitative estimate of drug-likeness (QED) is 0.182. The van der Waals surface area contributed by atoms with Gasteiger partial charge in [-0.2, -0.15) is 4.31 Å². The Labute approximate surface area is 212 Å². The van der Waals surface area contributed by atoms with Crippen LogP contribution >= 0.6 is 11.6 Å². The number of carbonyl (C=O) groups excluding carboxylic acids is 2. The number of ether oxygens (including phenoxy) is 1. The zero-order chi connectivity index (χ0) is 26.5. The van der Waals surface area contributed by atoms with Crippen molar-refractivity contribution in [3.8, 4) is 5.75 Å². The average Bonchev–Trinajstić information content (AvgIpc) is 2.85. The summed E-state index contributed by atoms with van der Waals surface area (Å²) >= 11 is 6.14. The van der Waals surface area contributed by atoms with Crippen molar-refractivity contribution in [3.63, 3.8) is 0 Å². The van der Waals surface area contributed by atoms with Gasteiger partial charge in [0, 0.05) is 42.5 Å². The van der Waals surface area contributed by atoms with Crippen LogP contribution in [-0.4, -0.2) is 42.6 Å². The molecule has 0 bridgehead atoms. The fourth-order valence-corrected chi connectivity index (χ4v) is 4.95. The highest BCUT2D eigenvalue weighted by Gasteiger charge is 2.24. The van der Waals surface area contributed by atoms with Gasteiger partial charge in [-0.1, -0.05) is 31.5 Å². The van der Waals surface area contributed by atoms with Crippen LogP contribution in [0.25, 0.3) is 0 Å². The minimum Gasteiger partial charge on any atom is -0.423 e. The number of nitro benzene ring substituents is 1. The third kappa shape index (κ3) is 6.06. The molecule has 0 unspecified atom stereocenters. The van der Waals surface area contributed by atoms with E-state index in [0.29, 0.717) is 5.69 Å². The van der Waals surface area contributed by atoms with Gasteiger partial charge in [-0.25, -0.2) is 13.2 Å². The zero-order valence-electron chi connectivity index (χ0n) is 19.3. The number of hydrogen-bond donors (Lipinski definition) is 1. The Morgan fingerprint density at radius 2 is 1.69 bits per heavy atom. The first-order valence-electron chi connectivity index (χ1n) is 10.7. The number of nitro groups is 1. The molecule has 0 aliphatic heterocycles. The van der Waals surface area contributed by atoms with Crippen molar-refractivity contribution >= 4 is 44.9 Å². The first-order chi connectivity index (χ1) is 17.1. The summed E-state index contributed by atoms with van der Waals surface area (Å²) in [6, 6.07) is 14.8. The van der Waals surface area contributed by atoms with Crippen LogP contribution in [0.5, 0.6) is 5.75 Å². The molecule has 0 aliphatic carbocycles. The van der Waals surface area contributed by atoms with Gasteiger partial charge in [0.2, 0.25) is 10.0 Å². The normalized spacial score (nSPS) is 11.2. The molecule has 0 radical (unpaired) electrons. The standard InChI is InChI=1S/C24H22ClN3O7S/c1-3-27(4-2)36(33,34)20-12-13-22(25)21(15-20)24(30)35-19-7-5-6-17(14-19)26-23(29)16-8-10-18(11-9-16)28(31)32/h5-15H,3-4H2,1-2H3,(H,26,29). The van der Waals surface area contributed by atoms with Crippen molar-refractivity contribution in [3.05, 3.63) is 93.0 Å². The van der Waals surface area contributed by atoms with Gasteiger partial charge in [0.15, 0.2) is 0 Å². The van der Waals surface area contributed by atoms with Crippen molar-refractivity contribution in [2.45, 2.75) is 18.7 Å². The van der Waals surface area contributed by atoms with Crippen molar-refractivity contribution in [2.24, 2.45) is 0 Å². The number of esters is 1. The molecular formula is C24H22ClN3O7S. The molecule has 3 rings (SSSR count). The monoisotopic (exact) mass is 531 g/mol. The Morgan fingerprint density at radius 1 is 1.03 bits per heavy atom. The van der Waals surface area contributed by atoms with Gasteiger partial charge in [-0.05, 0) is 42.5 Å². The van der Waals surface area contributed by atoms with Crippen LogP contribution in [0.4, 0.5) is 11.4 Å². The Kier molecular flexibility index (Phi) is 8.41. The predicted molar refractivity (Wildman–Crippen MR) is 134 cm³/mol. The zero-order valence-corrected chi connectivity index (χ0v) is 20.9. The number of hydrogen-bond acceptors (Lipinski definition) is 7. The molecule has 0 saturated heterocycles. The maximum atomic E-state index is 12.8. The van der Waals surface area contributed by atoms with E-state index in [2.05, 4.69) is 5.32 Å². The number of anilines is 1. The first-order valence-corrected chi connectivity index (χ1v) is 12.6. The first kappa shape index (κ1) is 26.8. The molecule has 0 atom stereocenters. The molecule has 3 aromatic rings. The van der Waals surface area contributed by atoms with Gasteiger partial charge in [0.25, 0.3) is 11.6 Å². The van der Waals surface area contributed by atoms with Crippen LogP contribution in [-0.2, 0) is 10.0 Å². The molecule has 0 heterocycles. The second kappa shape index (κ2) is 11.3. The van der Waals surface area contributed by atoms with Gasteiger partial charge < -0.3 is 10.1 Å². The minimum atomic E-state index is -3.82. The fraction of sp³-hybridized carbons (Fsp3) is 0.167. The largest absolute Gasteiger partial charge is 0.423 e. The Balaban J connectivity index is 1.78. The molecule has 0 saturated carbocycles. The molecule has 0 fully saturated rings. The fourth-order valence-electron chi connectivity index (χ4n) is 3.27. The lowest BCUT2D eigenvalue weighted by atomic mass is 10.2. The van der Waals surface area contributed by atoms with Crippen LogP contribution in [0.3, 0.4) is 0 Å². The maximum Gasteiger partial charge on any atom is 0.345 e. The van der Waals surface area contributed by atoms with Crippen LogP contribution in [0.1, 0.15) is 34.6 Å². The number of nitrogens with one attached hydrogen (secondary N) is 1. The number of rotatable bonds is 9. The molecule has 188 valence electrons. The van der Waals surface area contributed by atoms with Gasteiger partial charge >= 0.3 is 5.97 Å². The smallest absolute Gasteiger partial charge is 0.345 e. The lowest BCUT2D eigenvalue weighted by molar-refractivity contribution is -0.384. The average molecular weight is 532 g/mol. The van der Waals surface area contributed by atoms with E-state index in [1.165, 1.54) is 65.0 Å². The van der Waals surface area contributed by atoms with E-state index in [1.807, 2.05) is 0 Å². The van der Waals surface area contributed by atoms with E-state index in [9.17, 15) is 28.1 Å². The van der Waals surface area contributed by atoms with E-state index < -0.39 is 26.8 Å². The van der Waals surface area contributed by atoms with Crippen LogP contribution in [0.2, 0.25) is 5.02 Å². The number of halogens is 1. The topological polar surface area (TPSA) is 136 Å². The van der Waals surface area contributed by atoms with E-state index in [4.69, 9.17) is 16.3 Å². The summed E-state index contributed by atoms with van der Waals surface area (Å²) in [5.41, 5.74) is 0.215. The van der Waals surface area contributed by atoms with Gasteiger partial charge in [-0.3, -0.25) is 14.9 Å². The summed E-state index contributed by atoms with van der Waals surface area (Å²) in [5, 5.41) is 13.4. The lowest BCUT2D eigenvalue weighted by Crippen LogP contribution is -2.30. The number of non-ortho nitro benzene ring substituents is 1. The molecular weight excluding hydrogens is 510 g/mol. The molecule has 10 nitrogen and oxygen atoms in total. The van der Waals surface area contributed by atoms with E-state index >= 15 is 0 Å². The molecule has 3 aromatic carbocycles. The minimum absolute atomic E-state index is 0.0149. The summed E-state index contributed by atoms with van der Waals surface area (Å²) in [6.07, 6.45) is 0. The number of amides is 1. The Morgan fingerprint density at radius 3 is 2.31 bits per heavy atom. The van der Waals surface area contributed by atoms with Crippen LogP contribution in [0.15, 0.2) is 71.6 Å². The summed E-state index contributed by atoms with van der Waals surface area (Å²) in [5.74, 6) is -1.32. The van der Waals surface area contributed by atoms with Crippen LogP contribution in [0, 0.1) is 10.1 Å². The second-order valence-corrected chi connectivity index (χ2v) is 9.75. The Bertz CT molecular complexity index is 1410. The molecule has 12 heteroatoms. The number of sulfonamides is 1. The molecule has 36 heavy (non-hydrogen) atoms. The number of carbonyl (C=O) groups is 2. The van der Waals surface area contributed by atoms with Crippen LogP contribution < -0.4 is 10.1 Å². The highest BCUT2D eigenvalue weighted by molar-refractivity contribution is 7.89. The maximum absolute atomic E-state index is 12.8. The van der Waals surface area contributed by atoms with Crippen molar-refractivity contribution in [2.75, 3.05) is 18.4 Å². The SMILES string of the molecule is CCN(CC)S(=O)(=O)c1ccc(Cl)c(C(=O)Oc2cccc(NC(=O)c3ccc([N+](=O)[O-])cc3)c2)c1. The van der Waals surface area contributed by atoms with Crippen molar-refractivity contribution in [1.29, 1.82) is 0 Å². The number of benzene rings is 3. The van der Waals surface area contributed by atoms with Gasteiger partial charge in [-0.15, -0.1) is 0 Å². The Hall–Kier alpha value is -3.80. The third-order valence-corrected chi connectivity index (χ3v) is 7.52. The molecule has 1 N–H and O–H groups in total. The van der Waals surface area contributed by atoms with E-state index in [1.54, 1.807) is 19.9 Å². The van der Waals surface area contributed by atoms with Crippen molar-refractivity contribution < 1.29 is 27.7 Å². The third-order valence-electron chi connectivity index (χ3n) is 5.14. The molecule has 0 aliphatic rings. The second-order valence-electron chi connectivity index (χ2n) is 7.41. The molecule has 0 spiro atoms. The van der Waals surface area contributed by atoms with Crippen molar-refractivity contribution in [1.82, 2.24) is 4.31 Å². The van der Waals surface area contributed by atoms with Gasteiger partial charge in [0.1, 0.15) is 5.75 Å². The summed E-state index contributed by atoms with van der Waals surface area (Å²) in [4.78, 5) is 35.4. The summed E-state index contributed by atoms with van der Waals surface area (Å²) in [7, 11) is -3.82. The summed E-state index contributed by atoms with van der Waals surface area (Å²) < 4.78 is 32.3. The highest BCUT2D eigenvalue weighted by Crippen LogP contribution is 2.26. The highest BCUT2D eigenvalue weighted by atomic mass is 35.5. The van der Waals surface area contributed by atoms with E-state index in [-0.39, 0.29) is 45.6 Å². The predicted octanol–water partition coefficient (Wildman–Crippen LogP) is 4.75. The lowest BCUT2D eigenvalue weighted by Gasteiger charge is -2.19. The number of nitrogens with zero attached hydrogens (tertiary/aromatic N) is 2. The molecule has 1 amide bonds.